The van der Waals surface area contributed by atoms with Crippen LogP contribution in [0.1, 0.15) is 36.6 Å². The second-order valence-electron chi connectivity index (χ2n) is 4.90. The molecule has 6 heteroatoms. The highest BCUT2D eigenvalue weighted by molar-refractivity contribution is 6.30. The average Bonchev–Trinajstić information content (AvgIpc) is 2.71. The van der Waals surface area contributed by atoms with Gasteiger partial charge < -0.3 is 4.90 Å². The van der Waals surface area contributed by atoms with Gasteiger partial charge in [-0.1, -0.05) is 12.8 Å². The molecule has 0 N–H and O–H groups in total. The predicted octanol–water partition coefficient (Wildman–Crippen LogP) is 3.79. The molecule has 2 nitrogen and oxygen atoms in total. The van der Waals surface area contributed by atoms with E-state index in [2.05, 4.69) is 0 Å². The lowest BCUT2D eigenvalue weighted by Crippen LogP contribution is -2.34. The highest BCUT2D eigenvalue weighted by atomic mass is 35.5. The fourth-order valence-electron chi connectivity index (χ4n) is 2.32. The molecule has 2 rings (SSSR count). The number of hydrogen-bond acceptors (Lipinski definition) is 1. The monoisotopic (exact) mass is 305 g/mol. The van der Waals surface area contributed by atoms with Crippen molar-refractivity contribution >= 4 is 17.5 Å². The van der Waals surface area contributed by atoms with Crippen molar-refractivity contribution in [3.8, 4) is 0 Å². The maximum Gasteiger partial charge on any atom is 0.245 e. The largest absolute Gasteiger partial charge is 0.341 e. The smallest absolute Gasteiger partial charge is 0.245 e. The summed E-state index contributed by atoms with van der Waals surface area (Å²) in [6.45, 7) is 1.18. The van der Waals surface area contributed by atoms with Crippen molar-refractivity contribution in [1.29, 1.82) is 0 Å². The lowest BCUT2D eigenvalue weighted by Gasteiger charge is -2.23. The number of amides is 1. The Hall–Kier alpha value is -1.23. The van der Waals surface area contributed by atoms with Crippen LogP contribution in [-0.2, 0) is 4.79 Å². The molecule has 1 unspecified atom stereocenters. The molecule has 0 aromatic heterocycles. The van der Waals surface area contributed by atoms with Crippen LogP contribution < -0.4 is 0 Å². The third-order valence-electron chi connectivity index (χ3n) is 3.43. The summed E-state index contributed by atoms with van der Waals surface area (Å²) in [5, 5.41) is -1.20. The topological polar surface area (TPSA) is 20.3 Å². The summed E-state index contributed by atoms with van der Waals surface area (Å²) < 4.78 is 39.2. The van der Waals surface area contributed by atoms with E-state index in [1.165, 1.54) is 0 Å². The molecule has 0 radical (unpaired) electrons. The van der Waals surface area contributed by atoms with Gasteiger partial charge in [-0.15, -0.1) is 11.6 Å². The Labute approximate surface area is 120 Å². The standard InChI is InChI=1S/C14H15ClF3NO/c15-12(9-7-10(16)13(18)11(17)8-9)14(20)19-5-3-1-2-4-6-19/h7-8,12H,1-6H2. The summed E-state index contributed by atoms with van der Waals surface area (Å²) in [5.74, 6) is -4.62. The van der Waals surface area contributed by atoms with Crippen LogP contribution in [0.25, 0.3) is 0 Å². The van der Waals surface area contributed by atoms with Crippen molar-refractivity contribution in [3.63, 3.8) is 0 Å². The van der Waals surface area contributed by atoms with Gasteiger partial charge in [-0.25, -0.2) is 13.2 Å². The van der Waals surface area contributed by atoms with Gasteiger partial charge in [-0.3, -0.25) is 4.79 Å². The van der Waals surface area contributed by atoms with Crippen molar-refractivity contribution in [2.75, 3.05) is 13.1 Å². The van der Waals surface area contributed by atoms with E-state index in [0.717, 1.165) is 37.8 Å². The highest BCUT2D eigenvalue weighted by Crippen LogP contribution is 2.27. The Morgan fingerprint density at radius 3 is 2.05 bits per heavy atom. The minimum absolute atomic E-state index is 0.0580. The molecule has 1 heterocycles. The van der Waals surface area contributed by atoms with E-state index in [1.54, 1.807) is 4.90 Å². The normalized spacial score (nSPS) is 17.7. The van der Waals surface area contributed by atoms with E-state index in [9.17, 15) is 18.0 Å². The molecule has 1 aliphatic heterocycles. The van der Waals surface area contributed by atoms with E-state index >= 15 is 0 Å². The van der Waals surface area contributed by atoms with Crippen LogP contribution in [0.4, 0.5) is 13.2 Å². The molecule has 1 aromatic carbocycles. The number of hydrogen-bond donors (Lipinski definition) is 0. The van der Waals surface area contributed by atoms with Gasteiger partial charge in [-0.05, 0) is 30.5 Å². The Morgan fingerprint density at radius 2 is 1.55 bits per heavy atom. The minimum atomic E-state index is -1.56. The molecular formula is C14H15ClF3NO. The van der Waals surface area contributed by atoms with Crippen LogP contribution in [0, 0.1) is 17.5 Å². The lowest BCUT2D eigenvalue weighted by molar-refractivity contribution is -0.130. The molecule has 0 spiro atoms. The lowest BCUT2D eigenvalue weighted by atomic mass is 10.1. The molecule has 0 aliphatic carbocycles. The fourth-order valence-corrected chi connectivity index (χ4v) is 2.58. The molecule has 1 saturated heterocycles. The van der Waals surface area contributed by atoms with Gasteiger partial charge in [0.25, 0.3) is 0 Å². The second-order valence-corrected chi connectivity index (χ2v) is 5.34. The molecule has 1 amide bonds. The number of rotatable bonds is 2. The van der Waals surface area contributed by atoms with Crippen molar-refractivity contribution in [3.05, 3.63) is 35.1 Å². The Balaban J connectivity index is 2.17. The highest BCUT2D eigenvalue weighted by Gasteiger charge is 2.26. The van der Waals surface area contributed by atoms with Crippen LogP contribution in [0.15, 0.2) is 12.1 Å². The van der Waals surface area contributed by atoms with Crippen LogP contribution in [0.5, 0.6) is 0 Å². The first-order valence-electron chi connectivity index (χ1n) is 6.58. The van der Waals surface area contributed by atoms with Gasteiger partial charge in [-0.2, -0.15) is 0 Å². The summed E-state index contributed by atoms with van der Waals surface area (Å²) >= 11 is 5.99. The SMILES string of the molecule is O=C(C(Cl)c1cc(F)c(F)c(F)c1)N1CCCCCC1. The number of alkyl halides is 1. The van der Waals surface area contributed by atoms with Crippen LogP contribution in [0.3, 0.4) is 0 Å². The van der Waals surface area contributed by atoms with Gasteiger partial charge in [0.1, 0.15) is 5.38 Å². The summed E-state index contributed by atoms with van der Waals surface area (Å²) in [6.07, 6.45) is 3.88. The van der Waals surface area contributed by atoms with Gasteiger partial charge >= 0.3 is 0 Å². The van der Waals surface area contributed by atoms with Crippen molar-refractivity contribution in [2.45, 2.75) is 31.1 Å². The Morgan fingerprint density at radius 1 is 1.05 bits per heavy atom. The van der Waals surface area contributed by atoms with Gasteiger partial charge in [0.15, 0.2) is 17.5 Å². The van der Waals surface area contributed by atoms with Gasteiger partial charge in [0, 0.05) is 13.1 Å². The molecule has 1 aromatic rings. The zero-order chi connectivity index (χ0) is 14.7. The molecular weight excluding hydrogens is 291 g/mol. The van der Waals surface area contributed by atoms with Crippen LogP contribution >= 0.6 is 11.6 Å². The third kappa shape index (κ3) is 3.26. The number of carbonyl (C=O) groups is 1. The maximum atomic E-state index is 13.2. The van der Waals surface area contributed by atoms with E-state index in [-0.39, 0.29) is 11.5 Å². The third-order valence-corrected chi connectivity index (χ3v) is 3.87. The first-order chi connectivity index (χ1) is 9.50. The summed E-state index contributed by atoms with van der Waals surface area (Å²) in [6, 6.07) is 1.54. The minimum Gasteiger partial charge on any atom is -0.341 e. The first kappa shape index (κ1) is 15.2. The van der Waals surface area contributed by atoms with Crippen LogP contribution in [-0.4, -0.2) is 23.9 Å². The second kappa shape index (κ2) is 6.48. The summed E-state index contributed by atoms with van der Waals surface area (Å²) in [5.41, 5.74) is -0.0580. The van der Waals surface area contributed by atoms with Gasteiger partial charge in [0.2, 0.25) is 5.91 Å². The number of benzene rings is 1. The van der Waals surface area contributed by atoms with Crippen LogP contribution in [0.2, 0.25) is 0 Å². The van der Waals surface area contributed by atoms with Crippen molar-refractivity contribution in [1.82, 2.24) is 4.90 Å². The van der Waals surface area contributed by atoms with E-state index in [0.29, 0.717) is 13.1 Å². The zero-order valence-corrected chi connectivity index (χ0v) is 11.6. The van der Waals surface area contributed by atoms with Gasteiger partial charge in [0.05, 0.1) is 0 Å². The van der Waals surface area contributed by atoms with E-state index in [1.807, 2.05) is 0 Å². The fraction of sp³-hybridized carbons (Fsp3) is 0.500. The first-order valence-corrected chi connectivity index (χ1v) is 7.01. The predicted molar refractivity (Wildman–Crippen MR) is 70.0 cm³/mol. The Kier molecular flexibility index (Phi) is 4.91. The molecule has 1 fully saturated rings. The van der Waals surface area contributed by atoms with Crippen molar-refractivity contribution < 1.29 is 18.0 Å². The van der Waals surface area contributed by atoms with E-state index in [4.69, 9.17) is 11.6 Å². The molecule has 0 bridgehead atoms. The molecule has 0 saturated carbocycles. The summed E-state index contributed by atoms with van der Waals surface area (Å²) in [7, 11) is 0. The molecule has 1 atom stereocenters. The number of likely N-dealkylation sites (tertiary alicyclic amines) is 1. The summed E-state index contributed by atoms with van der Waals surface area (Å²) in [4.78, 5) is 13.8. The van der Waals surface area contributed by atoms with E-state index < -0.39 is 22.8 Å². The quantitative estimate of drug-likeness (QED) is 0.601. The average molecular weight is 306 g/mol. The Bertz CT molecular complexity index is 478. The van der Waals surface area contributed by atoms with Crippen molar-refractivity contribution in [2.24, 2.45) is 0 Å². The number of nitrogens with zero attached hydrogens (tertiary/aromatic N) is 1. The molecule has 20 heavy (non-hydrogen) atoms. The zero-order valence-electron chi connectivity index (χ0n) is 10.8. The number of halogens is 4. The maximum absolute atomic E-state index is 13.2. The molecule has 110 valence electrons. The molecule has 1 aliphatic rings. The number of carbonyl (C=O) groups excluding carboxylic acids is 1.